The number of carbonyl (C=O) groups excluding carboxylic acids is 1. The van der Waals surface area contributed by atoms with Crippen LogP contribution in [0.2, 0.25) is 0 Å². The van der Waals surface area contributed by atoms with E-state index in [1.165, 1.54) is 5.56 Å². The first-order valence-corrected chi connectivity index (χ1v) is 13.0. The smallest absolute Gasteiger partial charge is 0.170 e. The molecule has 1 heterocycles. The fraction of sp³-hybridized carbons (Fsp3) is 0.226. The van der Waals surface area contributed by atoms with E-state index in [0.29, 0.717) is 6.42 Å². The molecule has 36 heavy (non-hydrogen) atoms. The summed E-state index contributed by atoms with van der Waals surface area (Å²) in [5.41, 5.74) is 9.22. The van der Waals surface area contributed by atoms with Gasteiger partial charge in [0.2, 0.25) is 0 Å². The highest BCUT2D eigenvalue weighted by Crippen LogP contribution is 2.46. The first-order chi connectivity index (χ1) is 17.4. The van der Waals surface area contributed by atoms with E-state index in [1.54, 1.807) is 18.4 Å². The van der Waals surface area contributed by atoms with E-state index in [2.05, 4.69) is 31.4 Å². The zero-order valence-corrected chi connectivity index (χ0v) is 21.9. The number of ether oxygens (including phenoxy) is 1. The average molecular weight is 489 g/mol. The van der Waals surface area contributed by atoms with E-state index in [1.807, 2.05) is 61.5 Å². The molecule has 0 bridgehead atoms. The molecule has 5 rings (SSSR count). The minimum atomic E-state index is -0.222. The molecule has 0 saturated heterocycles. The number of benzene rings is 3. The van der Waals surface area contributed by atoms with Gasteiger partial charge in [0.1, 0.15) is 13.6 Å². The summed E-state index contributed by atoms with van der Waals surface area (Å²) in [5.74, 6) is 0.821. The van der Waals surface area contributed by atoms with Crippen molar-refractivity contribution in [2.45, 2.75) is 33.1 Å². The van der Waals surface area contributed by atoms with Crippen molar-refractivity contribution in [3.8, 4) is 17.0 Å². The van der Waals surface area contributed by atoms with Gasteiger partial charge in [-0.2, -0.15) is 0 Å². The number of hydrogen-bond donors (Lipinski definition) is 0. The van der Waals surface area contributed by atoms with Gasteiger partial charge in [-0.1, -0.05) is 78.1 Å². The number of ketones is 1. The molecule has 0 saturated carbocycles. The quantitative estimate of drug-likeness (QED) is 0.228. The molecule has 1 aliphatic carbocycles. The largest absolute Gasteiger partial charge is 0.497 e. The zero-order valence-electron chi connectivity index (χ0n) is 21.0. The second-order valence-electron chi connectivity index (χ2n) is 9.54. The van der Waals surface area contributed by atoms with Crippen LogP contribution in [0.15, 0.2) is 77.7 Å². The van der Waals surface area contributed by atoms with Gasteiger partial charge in [0, 0.05) is 22.9 Å². The predicted molar refractivity (Wildman–Crippen MR) is 150 cm³/mol. The van der Waals surface area contributed by atoms with Crippen molar-refractivity contribution in [2.24, 2.45) is 5.92 Å². The Bertz CT molecular complexity index is 1450. The predicted octanol–water partition coefficient (Wildman–Crippen LogP) is 6.55. The molecule has 1 aliphatic rings. The Balaban J connectivity index is 1.56. The number of thiazole rings is 1. The lowest BCUT2D eigenvalue weighted by atomic mass is 9.69. The van der Waals surface area contributed by atoms with Crippen LogP contribution in [-0.2, 0) is 6.42 Å². The fourth-order valence-electron chi connectivity index (χ4n) is 5.16. The lowest BCUT2D eigenvalue weighted by Gasteiger charge is -2.34. The number of fused-ring (bicyclic) bond motifs is 1. The molecule has 0 fully saturated rings. The first kappa shape index (κ1) is 24.3. The highest BCUT2D eigenvalue weighted by atomic mass is 32.1. The normalized spacial score (nSPS) is 17.1. The van der Waals surface area contributed by atoms with Gasteiger partial charge in [-0.15, -0.1) is 11.3 Å². The number of allylic oxidation sites excluding steroid dienone is 2. The second-order valence-corrected chi connectivity index (χ2v) is 10.5. The van der Waals surface area contributed by atoms with Crippen LogP contribution in [0.3, 0.4) is 0 Å². The monoisotopic (exact) mass is 489 g/mol. The van der Waals surface area contributed by atoms with Crippen LogP contribution >= 0.6 is 11.3 Å². The molecule has 2 atom stereocenters. The summed E-state index contributed by atoms with van der Waals surface area (Å²) in [7, 11) is 7.54. The Hall–Kier alpha value is -3.44. The SMILES string of the molecule is [B]c1ccc(-c2csc(CC3=C(C)[C@@H](C(=O)c4ccc(C)cc4)[C@H](C)c4ccc(OC)cc43)n2)cc1. The first-order valence-electron chi connectivity index (χ1n) is 12.1. The Kier molecular flexibility index (Phi) is 6.68. The highest BCUT2D eigenvalue weighted by Gasteiger charge is 2.36. The summed E-state index contributed by atoms with van der Waals surface area (Å²) in [6.07, 6.45) is 0.663. The van der Waals surface area contributed by atoms with E-state index in [4.69, 9.17) is 17.6 Å². The Morgan fingerprint density at radius 1 is 1.03 bits per heavy atom. The maximum absolute atomic E-state index is 13.8. The summed E-state index contributed by atoms with van der Waals surface area (Å²) in [5, 5.41) is 3.10. The molecule has 0 spiro atoms. The molecular formula is C31H28BNO2S. The summed E-state index contributed by atoms with van der Waals surface area (Å²) in [6.45, 7) is 6.31. The second kappa shape index (κ2) is 9.90. The maximum Gasteiger partial charge on any atom is 0.170 e. The van der Waals surface area contributed by atoms with Crippen molar-refractivity contribution in [2.75, 3.05) is 7.11 Å². The minimum Gasteiger partial charge on any atom is -0.497 e. The maximum atomic E-state index is 13.8. The van der Waals surface area contributed by atoms with E-state index in [0.717, 1.165) is 55.3 Å². The van der Waals surface area contributed by atoms with Crippen molar-refractivity contribution in [1.29, 1.82) is 0 Å². The summed E-state index contributed by atoms with van der Waals surface area (Å²) >= 11 is 1.64. The lowest BCUT2D eigenvalue weighted by molar-refractivity contribution is 0.0925. The Labute approximate surface area is 218 Å². The average Bonchev–Trinajstić information content (AvgIpc) is 3.35. The van der Waals surface area contributed by atoms with Crippen LogP contribution in [0.1, 0.15) is 51.8 Å². The van der Waals surface area contributed by atoms with Crippen LogP contribution in [0, 0.1) is 12.8 Å². The third-order valence-electron chi connectivity index (χ3n) is 7.22. The van der Waals surface area contributed by atoms with Gasteiger partial charge in [-0.25, -0.2) is 4.98 Å². The molecule has 3 nitrogen and oxygen atoms in total. The number of hydrogen-bond acceptors (Lipinski definition) is 4. The summed E-state index contributed by atoms with van der Waals surface area (Å²) in [4.78, 5) is 18.7. The van der Waals surface area contributed by atoms with Crippen LogP contribution in [0.4, 0.5) is 0 Å². The molecular weight excluding hydrogens is 461 g/mol. The number of carbonyl (C=O) groups is 1. The molecule has 5 heteroatoms. The van der Waals surface area contributed by atoms with Crippen LogP contribution < -0.4 is 10.2 Å². The Morgan fingerprint density at radius 2 is 1.75 bits per heavy atom. The van der Waals surface area contributed by atoms with Gasteiger partial charge in [-0.05, 0) is 48.6 Å². The van der Waals surface area contributed by atoms with E-state index < -0.39 is 0 Å². The zero-order chi connectivity index (χ0) is 25.4. The topological polar surface area (TPSA) is 39.2 Å². The standard InChI is InChI=1S/C31H28BNO2S/c1-18-5-7-22(8-6-18)31(34)30-19(2)25-14-13-24(35-4)15-27(25)26(20(30)3)16-29-33-28(17-36-29)21-9-11-23(32)12-10-21/h5-15,17,19,30H,16H2,1-4H3/t19-,30+/m1/s1. The highest BCUT2D eigenvalue weighted by molar-refractivity contribution is 7.10. The van der Waals surface area contributed by atoms with E-state index in [9.17, 15) is 4.79 Å². The van der Waals surface area contributed by atoms with Crippen LogP contribution in [0.5, 0.6) is 5.75 Å². The Morgan fingerprint density at radius 3 is 2.44 bits per heavy atom. The molecule has 3 aromatic carbocycles. The third kappa shape index (κ3) is 4.56. The van der Waals surface area contributed by atoms with Crippen LogP contribution in [0.25, 0.3) is 16.8 Å². The van der Waals surface area contributed by atoms with E-state index in [-0.39, 0.29) is 17.6 Å². The van der Waals surface area contributed by atoms with Crippen molar-refractivity contribution in [1.82, 2.24) is 4.98 Å². The van der Waals surface area contributed by atoms with Gasteiger partial charge >= 0.3 is 0 Å². The van der Waals surface area contributed by atoms with Crippen molar-refractivity contribution in [3.05, 3.63) is 105 Å². The fourth-order valence-corrected chi connectivity index (χ4v) is 5.98. The summed E-state index contributed by atoms with van der Waals surface area (Å²) in [6, 6.07) is 21.9. The molecule has 0 amide bonds. The molecule has 2 radical (unpaired) electrons. The van der Waals surface area contributed by atoms with Crippen molar-refractivity contribution in [3.63, 3.8) is 0 Å². The number of aryl methyl sites for hydroxylation is 1. The molecule has 0 unspecified atom stereocenters. The van der Waals surface area contributed by atoms with Gasteiger partial charge in [0.05, 0.1) is 23.7 Å². The third-order valence-corrected chi connectivity index (χ3v) is 8.07. The van der Waals surface area contributed by atoms with Gasteiger partial charge in [0.15, 0.2) is 5.78 Å². The van der Waals surface area contributed by atoms with Crippen molar-refractivity contribution >= 4 is 36.0 Å². The minimum absolute atomic E-state index is 0.0603. The lowest BCUT2D eigenvalue weighted by Crippen LogP contribution is -2.27. The number of methoxy groups -OCH3 is 1. The molecule has 4 aromatic rings. The number of Topliss-reactive ketones (excluding diaryl/α,β-unsaturated/α-hetero) is 1. The van der Waals surface area contributed by atoms with Crippen LogP contribution in [-0.4, -0.2) is 25.7 Å². The van der Waals surface area contributed by atoms with Crippen molar-refractivity contribution < 1.29 is 9.53 Å². The van der Waals surface area contributed by atoms with Gasteiger partial charge < -0.3 is 4.74 Å². The van der Waals surface area contributed by atoms with Gasteiger partial charge in [-0.3, -0.25) is 4.79 Å². The van der Waals surface area contributed by atoms with Gasteiger partial charge in [0.25, 0.3) is 0 Å². The van der Waals surface area contributed by atoms with E-state index >= 15 is 0 Å². The number of rotatable bonds is 6. The number of aromatic nitrogens is 1. The molecule has 1 aromatic heterocycles. The summed E-state index contributed by atoms with van der Waals surface area (Å²) < 4.78 is 5.56. The molecule has 0 aliphatic heterocycles. The molecule has 0 N–H and O–H groups in total. The number of nitrogens with zero attached hydrogens (tertiary/aromatic N) is 1. The molecule has 178 valence electrons.